The molecule has 0 N–H and O–H groups in total. The number of hydrogen-bond donors (Lipinski definition) is 0. The van der Waals surface area contributed by atoms with Gasteiger partial charge in [-0.3, -0.25) is 0 Å². The van der Waals surface area contributed by atoms with E-state index in [9.17, 15) is 0 Å². The lowest BCUT2D eigenvalue weighted by molar-refractivity contribution is -0.648. The van der Waals surface area contributed by atoms with Gasteiger partial charge >= 0.3 is 5.78 Å². The predicted octanol–water partition coefficient (Wildman–Crippen LogP) is 1.16. The second kappa shape index (κ2) is 3.20. The lowest BCUT2D eigenvalue weighted by Gasteiger charge is -1.98. The van der Waals surface area contributed by atoms with Crippen LogP contribution in [-0.2, 0) is 14.1 Å². The summed E-state index contributed by atoms with van der Waals surface area (Å²) in [7, 11) is 4.05. The number of aryl methyl sites for hydroxylation is 2. The minimum atomic E-state index is 1.07. The third-order valence-electron chi connectivity index (χ3n) is 2.85. The summed E-state index contributed by atoms with van der Waals surface area (Å²) in [5.74, 6) is 1.07. The molecule has 0 amide bonds. The highest BCUT2D eigenvalue weighted by molar-refractivity contribution is 5.61. The largest absolute Gasteiger partial charge is 0.356 e. The number of benzene rings is 1. The van der Waals surface area contributed by atoms with Gasteiger partial charge in [0.1, 0.15) is 11.9 Å². The van der Waals surface area contributed by atoms with Crippen LogP contribution >= 0.6 is 0 Å². The lowest BCUT2D eigenvalue weighted by atomic mass is 10.2. The SMILES string of the molecule is Cn1c(-c2ccccc2)cn2nc[n+](C)c12. The molecule has 2 aromatic heterocycles. The average molecular weight is 213 g/mol. The van der Waals surface area contributed by atoms with Gasteiger partial charge in [-0.1, -0.05) is 34.8 Å². The zero-order valence-electron chi connectivity index (χ0n) is 9.33. The van der Waals surface area contributed by atoms with Crippen molar-refractivity contribution < 1.29 is 4.57 Å². The van der Waals surface area contributed by atoms with Gasteiger partial charge in [0.15, 0.2) is 0 Å². The quantitative estimate of drug-likeness (QED) is 0.557. The Morgan fingerprint density at radius 1 is 1.19 bits per heavy atom. The van der Waals surface area contributed by atoms with E-state index in [0.29, 0.717) is 0 Å². The van der Waals surface area contributed by atoms with Crippen LogP contribution in [0.3, 0.4) is 0 Å². The maximum absolute atomic E-state index is 4.28. The molecule has 80 valence electrons. The number of fused-ring (bicyclic) bond motifs is 1. The van der Waals surface area contributed by atoms with Gasteiger partial charge in [0.05, 0.1) is 7.05 Å². The Morgan fingerprint density at radius 2 is 1.94 bits per heavy atom. The normalized spacial score (nSPS) is 11.1. The molecule has 0 saturated heterocycles. The molecule has 0 bridgehead atoms. The van der Waals surface area contributed by atoms with E-state index in [0.717, 1.165) is 5.78 Å². The number of aromatic nitrogens is 4. The van der Waals surface area contributed by atoms with Crippen LogP contribution in [0, 0.1) is 0 Å². The van der Waals surface area contributed by atoms with E-state index >= 15 is 0 Å². The summed E-state index contributed by atoms with van der Waals surface area (Å²) < 4.78 is 6.04. The second-order valence-corrected chi connectivity index (χ2v) is 3.93. The summed E-state index contributed by atoms with van der Waals surface area (Å²) in [4.78, 5) is 0. The van der Waals surface area contributed by atoms with Crippen molar-refractivity contribution >= 4 is 5.78 Å². The van der Waals surface area contributed by atoms with Crippen LogP contribution in [0.15, 0.2) is 42.9 Å². The van der Waals surface area contributed by atoms with Crippen molar-refractivity contribution in [1.29, 1.82) is 0 Å². The molecule has 0 atom stereocenters. The Bertz CT molecular complexity index is 634. The number of nitrogens with zero attached hydrogens (tertiary/aromatic N) is 4. The van der Waals surface area contributed by atoms with Crippen molar-refractivity contribution in [1.82, 2.24) is 14.2 Å². The molecule has 0 spiro atoms. The Labute approximate surface area is 93.4 Å². The molecule has 3 aromatic rings. The van der Waals surface area contributed by atoms with Crippen molar-refractivity contribution in [2.75, 3.05) is 0 Å². The summed E-state index contributed by atoms with van der Waals surface area (Å²) in [5.41, 5.74) is 2.37. The van der Waals surface area contributed by atoms with Crippen molar-refractivity contribution in [2.24, 2.45) is 14.1 Å². The Kier molecular flexibility index (Phi) is 1.83. The maximum Gasteiger partial charge on any atom is 0.356 e. The molecule has 16 heavy (non-hydrogen) atoms. The van der Waals surface area contributed by atoms with Crippen molar-refractivity contribution in [3.05, 3.63) is 42.9 Å². The summed E-state index contributed by atoms with van der Waals surface area (Å²) in [6.45, 7) is 0. The highest BCUT2D eigenvalue weighted by atomic mass is 15.4. The smallest absolute Gasteiger partial charge is 0.249 e. The highest BCUT2D eigenvalue weighted by Gasteiger charge is 2.17. The summed E-state index contributed by atoms with van der Waals surface area (Å²) in [6, 6.07) is 10.3. The molecule has 4 heteroatoms. The van der Waals surface area contributed by atoms with Gasteiger partial charge in [-0.15, -0.1) is 0 Å². The Hall–Kier alpha value is -2.10. The van der Waals surface area contributed by atoms with Crippen LogP contribution in [0.5, 0.6) is 0 Å². The molecule has 0 aliphatic rings. The first-order valence-electron chi connectivity index (χ1n) is 5.21. The van der Waals surface area contributed by atoms with Gasteiger partial charge in [-0.2, -0.15) is 0 Å². The third kappa shape index (κ3) is 1.16. The van der Waals surface area contributed by atoms with Crippen LogP contribution in [0.2, 0.25) is 0 Å². The fourth-order valence-electron chi connectivity index (χ4n) is 2.07. The van der Waals surface area contributed by atoms with E-state index < -0.39 is 0 Å². The Morgan fingerprint density at radius 3 is 2.62 bits per heavy atom. The first-order valence-corrected chi connectivity index (χ1v) is 5.21. The zero-order valence-corrected chi connectivity index (χ0v) is 9.33. The minimum absolute atomic E-state index is 1.07. The fraction of sp³-hybridized carbons (Fsp3) is 0.167. The number of hydrogen-bond acceptors (Lipinski definition) is 1. The molecule has 0 radical (unpaired) electrons. The molecule has 0 unspecified atom stereocenters. The van der Waals surface area contributed by atoms with Crippen molar-refractivity contribution in [3.63, 3.8) is 0 Å². The Balaban J connectivity index is 2.29. The molecule has 0 aliphatic heterocycles. The summed E-state index contributed by atoms with van der Waals surface area (Å²) >= 11 is 0. The first-order chi connectivity index (χ1) is 7.77. The van der Waals surface area contributed by atoms with E-state index in [4.69, 9.17) is 0 Å². The lowest BCUT2D eigenvalue weighted by Crippen LogP contribution is -2.27. The van der Waals surface area contributed by atoms with Gasteiger partial charge in [0.25, 0.3) is 0 Å². The van der Waals surface area contributed by atoms with Gasteiger partial charge < -0.3 is 0 Å². The van der Waals surface area contributed by atoms with Gasteiger partial charge in [-0.25, -0.2) is 9.13 Å². The van der Waals surface area contributed by atoms with E-state index in [1.807, 2.05) is 46.9 Å². The first kappa shape index (κ1) is 9.15. The minimum Gasteiger partial charge on any atom is -0.249 e. The standard InChI is InChI=1S/C12H13N4/c1-14-9-13-16-8-11(15(2)12(14)16)10-6-4-3-5-7-10/h3-9H,1-2H3/q+1. The zero-order chi connectivity index (χ0) is 11.1. The molecule has 2 heterocycles. The summed E-state index contributed by atoms with van der Waals surface area (Å²) in [6.07, 6.45) is 3.86. The number of rotatable bonds is 1. The van der Waals surface area contributed by atoms with Crippen molar-refractivity contribution in [2.45, 2.75) is 0 Å². The second-order valence-electron chi connectivity index (χ2n) is 3.93. The van der Waals surface area contributed by atoms with Crippen LogP contribution < -0.4 is 4.57 Å². The van der Waals surface area contributed by atoms with E-state index in [2.05, 4.69) is 28.8 Å². The number of imidazole rings is 1. The monoisotopic (exact) mass is 213 g/mol. The molecule has 1 aromatic carbocycles. The average Bonchev–Trinajstić information content (AvgIpc) is 2.83. The van der Waals surface area contributed by atoms with E-state index in [1.165, 1.54) is 11.3 Å². The molecule has 4 nitrogen and oxygen atoms in total. The van der Waals surface area contributed by atoms with Crippen LogP contribution in [0.25, 0.3) is 17.0 Å². The summed E-state index contributed by atoms with van der Waals surface area (Å²) in [5, 5.41) is 4.28. The van der Waals surface area contributed by atoms with Crippen LogP contribution in [0.1, 0.15) is 0 Å². The van der Waals surface area contributed by atoms with E-state index in [-0.39, 0.29) is 0 Å². The molecule has 3 rings (SSSR count). The third-order valence-corrected chi connectivity index (χ3v) is 2.85. The molecular formula is C12H13N4+. The molecule has 0 fully saturated rings. The molecule has 0 aliphatic carbocycles. The van der Waals surface area contributed by atoms with Crippen LogP contribution in [-0.4, -0.2) is 14.2 Å². The van der Waals surface area contributed by atoms with Crippen LogP contribution in [0.4, 0.5) is 0 Å². The van der Waals surface area contributed by atoms with Crippen molar-refractivity contribution in [3.8, 4) is 11.3 Å². The molecule has 0 saturated carbocycles. The van der Waals surface area contributed by atoms with Gasteiger partial charge in [0.2, 0.25) is 6.33 Å². The predicted molar refractivity (Wildman–Crippen MR) is 60.8 cm³/mol. The van der Waals surface area contributed by atoms with Gasteiger partial charge in [0, 0.05) is 12.6 Å². The maximum atomic E-state index is 4.28. The van der Waals surface area contributed by atoms with Gasteiger partial charge in [-0.05, 0) is 5.10 Å². The fourth-order valence-corrected chi connectivity index (χ4v) is 2.07. The van der Waals surface area contributed by atoms with E-state index in [1.54, 1.807) is 0 Å². The molecular weight excluding hydrogens is 200 g/mol. The topological polar surface area (TPSA) is 26.1 Å². The highest BCUT2D eigenvalue weighted by Crippen LogP contribution is 2.19.